The first-order valence-corrected chi connectivity index (χ1v) is 9.24. The Hall–Kier alpha value is -1.95. The maximum atomic E-state index is 12.6. The van der Waals surface area contributed by atoms with Crippen LogP contribution in [0.25, 0.3) is 0 Å². The number of hydrogen-bond acceptors (Lipinski definition) is 1. The van der Waals surface area contributed by atoms with Crippen LogP contribution in [0.5, 0.6) is 0 Å². The minimum Gasteiger partial charge on any atom is -0.280 e. The molecule has 0 saturated heterocycles. The molecule has 0 bridgehead atoms. The standard InChI is InChI=1S/C20H15ClO.CH5P/c21-19(22)20(16-10-4-1-5-11-16,17-12-6-2-7-13-17)18-14-8-3-9-15-18;1-2/h1-15H;2H2,1H3. The van der Waals surface area contributed by atoms with Gasteiger partial charge in [0.15, 0.2) is 0 Å². The summed E-state index contributed by atoms with van der Waals surface area (Å²) in [7, 11) is 2.42. The van der Waals surface area contributed by atoms with Gasteiger partial charge in [-0.3, -0.25) is 4.79 Å². The van der Waals surface area contributed by atoms with Crippen LogP contribution < -0.4 is 0 Å². The van der Waals surface area contributed by atoms with E-state index >= 15 is 0 Å². The van der Waals surface area contributed by atoms with Crippen molar-refractivity contribution in [2.45, 2.75) is 5.41 Å². The van der Waals surface area contributed by atoms with E-state index in [4.69, 9.17) is 11.6 Å². The summed E-state index contributed by atoms with van der Waals surface area (Å²) in [6, 6.07) is 29.0. The predicted molar refractivity (Wildman–Crippen MR) is 106 cm³/mol. The molecule has 24 heavy (non-hydrogen) atoms. The third kappa shape index (κ3) is 3.43. The summed E-state index contributed by atoms with van der Waals surface area (Å²) < 4.78 is 0. The van der Waals surface area contributed by atoms with Crippen LogP contribution in [0.4, 0.5) is 0 Å². The molecule has 0 aliphatic carbocycles. The van der Waals surface area contributed by atoms with Gasteiger partial charge in [0.05, 0.1) is 0 Å². The second-order valence-corrected chi connectivity index (χ2v) is 5.47. The largest absolute Gasteiger partial charge is 0.280 e. The summed E-state index contributed by atoms with van der Waals surface area (Å²) in [6.07, 6.45) is 0. The van der Waals surface area contributed by atoms with Gasteiger partial charge in [-0.1, -0.05) is 97.7 Å². The molecule has 0 aliphatic heterocycles. The number of carbonyl (C=O) groups is 1. The van der Waals surface area contributed by atoms with E-state index in [1.807, 2.05) is 97.7 Å². The van der Waals surface area contributed by atoms with Crippen LogP contribution in [-0.4, -0.2) is 11.9 Å². The van der Waals surface area contributed by atoms with Gasteiger partial charge in [-0.15, -0.1) is 9.24 Å². The summed E-state index contributed by atoms with van der Waals surface area (Å²) in [6.45, 7) is 1.92. The monoisotopic (exact) mass is 354 g/mol. The lowest BCUT2D eigenvalue weighted by Crippen LogP contribution is -2.35. The van der Waals surface area contributed by atoms with Crippen LogP contribution in [0.1, 0.15) is 16.7 Å². The highest BCUT2D eigenvalue weighted by Gasteiger charge is 2.42. The maximum Gasteiger partial charge on any atom is 0.241 e. The number of rotatable bonds is 4. The third-order valence-electron chi connectivity index (χ3n) is 3.92. The molecule has 3 heteroatoms. The zero-order chi connectivity index (χ0) is 17.4. The van der Waals surface area contributed by atoms with Crippen LogP contribution in [0.2, 0.25) is 0 Å². The number of halogens is 1. The summed E-state index contributed by atoms with van der Waals surface area (Å²) in [5, 5.41) is -0.406. The van der Waals surface area contributed by atoms with Crippen LogP contribution in [-0.2, 0) is 10.2 Å². The summed E-state index contributed by atoms with van der Waals surface area (Å²) in [5.74, 6) is 0. The topological polar surface area (TPSA) is 17.1 Å². The quantitative estimate of drug-likeness (QED) is 0.354. The van der Waals surface area contributed by atoms with E-state index in [2.05, 4.69) is 9.24 Å². The lowest BCUT2D eigenvalue weighted by molar-refractivity contribution is -0.114. The van der Waals surface area contributed by atoms with Gasteiger partial charge in [-0.2, -0.15) is 0 Å². The van der Waals surface area contributed by atoms with E-state index in [1.165, 1.54) is 0 Å². The molecule has 1 atom stereocenters. The van der Waals surface area contributed by atoms with Crippen molar-refractivity contribution < 1.29 is 4.79 Å². The summed E-state index contributed by atoms with van der Waals surface area (Å²) in [5.41, 5.74) is 1.61. The Morgan fingerprint density at radius 1 is 0.667 bits per heavy atom. The lowest BCUT2D eigenvalue weighted by Gasteiger charge is -2.32. The van der Waals surface area contributed by atoms with Crippen LogP contribution in [0.15, 0.2) is 91.0 Å². The van der Waals surface area contributed by atoms with E-state index < -0.39 is 10.7 Å². The molecular formula is C21H20ClOP. The normalized spacial score (nSPS) is 10.5. The molecule has 3 aromatic carbocycles. The zero-order valence-corrected chi connectivity index (χ0v) is 15.4. The Morgan fingerprint density at radius 2 is 0.917 bits per heavy atom. The van der Waals surface area contributed by atoms with E-state index in [0.29, 0.717) is 0 Å². The van der Waals surface area contributed by atoms with Crippen LogP contribution >= 0.6 is 20.8 Å². The fourth-order valence-corrected chi connectivity index (χ4v) is 3.23. The molecule has 122 valence electrons. The molecule has 1 nitrogen and oxygen atoms in total. The third-order valence-corrected chi connectivity index (χ3v) is 4.20. The molecule has 0 heterocycles. The highest BCUT2D eigenvalue weighted by Crippen LogP contribution is 2.40. The second kappa shape index (κ2) is 8.78. The van der Waals surface area contributed by atoms with Crippen molar-refractivity contribution in [1.29, 1.82) is 0 Å². The number of hydrogen-bond donors (Lipinski definition) is 0. The van der Waals surface area contributed by atoms with E-state index in [0.717, 1.165) is 16.7 Å². The first-order chi connectivity index (χ1) is 11.8. The second-order valence-electron chi connectivity index (χ2n) is 5.12. The van der Waals surface area contributed by atoms with E-state index in [9.17, 15) is 4.79 Å². The molecule has 0 radical (unpaired) electrons. The molecule has 3 rings (SSSR count). The molecule has 0 spiro atoms. The van der Waals surface area contributed by atoms with Crippen LogP contribution in [0.3, 0.4) is 0 Å². The Morgan fingerprint density at radius 3 is 1.12 bits per heavy atom. The first-order valence-electron chi connectivity index (χ1n) is 7.70. The highest BCUT2D eigenvalue weighted by atomic mass is 35.5. The molecule has 3 aromatic rings. The van der Waals surface area contributed by atoms with Crippen LogP contribution in [0, 0.1) is 0 Å². The van der Waals surface area contributed by atoms with Crippen molar-refractivity contribution in [3.05, 3.63) is 108 Å². The van der Waals surface area contributed by atoms with E-state index in [1.54, 1.807) is 0 Å². The summed E-state index contributed by atoms with van der Waals surface area (Å²) >= 11 is 6.17. The molecule has 0 saturated carbocycles. The molecule has 0 aromatic heterocycles. The molecule has 0 N–H and O–H groups in total. The lowest BCUT2D eigenvalue weighted by atomic mass is 9.70. The van der Waals surface area contributed by atoms with Gasteiger partial charge < -0.3 is 0 Å². The highest BCUT2D eigenvalue weighted by molar-refractivity contribution is 7.15. The SMILES string of the molecule is CP.O=C(Cl)C(c1ccccc1)(c1ccccc1)c1ccccc1. The van der Waals surface area contributed by atoms with Crippen molar-refractivity contribution in [2.75, 3.05) is 6.66 Å². The van der Waals surface area contributed by atoms with Gasteiger partial charge in [0, 0.05) is 0 Å². The van der Waals surface area contributed by atoms with Crippen molar-refractivity contribution in [2.24, 2.45) is 0 Å². The molecule has 0 fully saturated rings. The zero-order valence-electron chi connectivity index (χ0n) is 13.5. The molecule has 0 amide bonds. The summed E-state index contributed by atoms with van der Waals surface area (Å²) in [4.78, 5) is 12.6. The van der Waals surface area contributed by atoms with Crippen molar-refractivity contribution in [1.82, 2.24) is 0 Å². The minimum absolute atomic E-state index is 0.406. The van der Waals surface area contributed by atoms with Gasteiger partial charge in [0.25, 0.3) is 0 Å². The average molecular weight is 355 g/mol. The molecule has 0 aliphatic rings. The molecule has 1 unspecified atom stereocenters. The smallest absolute Gasteiger partial charge is 0.241 e. The Labute approximate surface area is 150 Å². The maximum absolute atomic E-state index is 12.6. The number of carbonyl (C=O) groups excluding carboxylic acids is 1. The van der Waals surface area contributed by atoms with Gasteiger partial charge in [0.1, 0.15) is 5.41 Å². The predicted octanol–water partition coefficient (Wildman–Crippen LogP) is 5.28. The van der Waals surface area contributed by atoms with Gasteiger partial charge in [0.2, 0.25) is 5.24 Å². The van der Waals surface area contributed by atoms with Crippen molar-refractivity contribution in [3.8, 4) is 0 Å². The first kappa shape index (κ1) is 18.4. The van der Waals surface area contributed by atoms with E-state index in [-0.39, 0.29) is 0 Å². The Bertz CT molecular complexity index is 661. The van der Waals surface area contributed by atoms with Gasteiger partial charge in [-0.05, 0) is 28.3 Å². The molecular weight excluding hydrogens is 335 g/mol. The Kier molecular flexibility index (Phi) is 6.73. The van der Waals surface area contributed by atoms with Crippen molar-refractivity contribution in [3.63, 3.8) is 0 Å². The average Bonchev–Trinajstić information content (AvgIpc) is 2.66. The van der Waals surface area contributed by atoms with Gasteiger partial charge >= 0.3 is 0 Å². The minimum atomic E-state index is -0.995. The van der Waals surface area contributed by atoms with Gasteiger partial charge in [-0.25, -0.2) is 0 Å². The van der Waals surface area contributed by atoms with Crippen molar-refractivity contribution >= 4 is 26.1 Å². The fourth-order valence-electron chi connectivity index (χ4n) is 2.90. The Balaban J connectivity index is 0.00000100. The number of benzene rings is 3. The fraction of sp³-hybridized carbons (Fsp3) is 0.0952.